The molecule has 0 saturated heterocycles. The van der Waals surface area contributed by atoms with E-state index >= 15 is 0 Å². The van der Waals surface area contributed by atoms with Crippen LogP contribution in [0.15, 0.2) is 27.2 Å². The number of aromatic nitrogens is 2. The molecular formula is C13H15BrClN3O. The predicted octanol–water partition coefficient (Wildman–Crippen LogP) is 4.20. The van der Waals surface area contributed by atoms with E-state index in [2.05, 4.69) is 26.1 Å². The minimum absolute atomic E-state index is 0.134. The van der Waals surface area contributed by atoms with Gasteiger partial charge >= 0.3 is 0 Å². The summed E-state index contributed by atoms with van der Waals surface area (Å²) in [6, 6.07) is 5.19. The Bertz CT molecular complexity index is 592. The topological polar surface area (TPSA) is 64.9 Å². The third-order valence-corrected chi connectivity index (χ3v) is 3.62. The van der Waals surface area contributed by atoms with Gasteiger partial charge in [-0.3, -0.25) is 0 Å². The van der Waals surface area contributed by atoms with Crippen LogP contribution in [0.1, 0.15) is 32.6 Å². The van der Waals surface area contributed by atoms with Crippen LogP contribution in [0.3, 0.4) is 0 Å². The molecule has 6 heteroatoms. The summed E-state index contributed by atoms with van der Waals surface area (Å²) >= 11 is 9.51. The molecule has 102 valence electrons. The minimum atomic E-state index is -0.292. The van der Waals surface area contributed by atoms with Crippen molar-refractivity contribution in [3.05, 3.63) is 33.5 Å². The van der Waals surface area contributed by atoms with Gasteiger partial charge in [0.25, 0.3) is 5.89 Å². The van der Waals surface area contributed by atoms with Gasteiger partial charge in [-0.15, -0.1) is 0 Å². The zero-order valence-corrected chi connectivity index (χ0v) is 13.3. The second kappa shape index (κ2) is 5.23. The fourth-order valence-corrected chi connectivity index (χ4v) is 2.28. The molecule has 0 bridgehead atoms. The third kappa shape index (κ3) is 3.16. The summed E-state index contributed by atoms with van der Waals surface area (Å²) in [7, 11) is 0. The highest BCUT2D eigenvalue weighted by Crippen LogP contribution is 2.32. The van der Waals surface area contributed by atoms with Crippen LogP contribution in [-0.2, 0) is 0 Å². The van der Waals surface area contributed by atoms with Gasteiger partial charge in [-0.25, -0.2) is 0 Å². The zero-order chi connectivity index (χ0) is 14.2. The van der Waals surface area contributed by atoms with E-state index in [4.69, 9.17) is 21.9 Å². The highest BCUT2D eigenvalue weighted by atomic mass is 79.9. The van der Waals surface area contributed by atoms with Crippen molar-refractivity contribution in [1.82, 2.24) is 10.1 Å². The quantitative estimate of drug-likeness (QED) is 0.886. The van der Waals surface area contributed by atoms with Gasteiger partial charge in [0, 0.05) is 4.47 Å². The summed E-state index contributed by atoms with van der Waals surface area (Å²) in [6.45, 7) is 6.08. The van der Waals surface area contributed by atoms with Crippen molar-refractivity contribution in [2.45, 2.75) is 26.8 Å². The lowest BCUT2D eigenvalue weighted by atomic mass is 9.87. The SMILES string of the molecule is CC(C)(C)C(N)c1noc(-c2ccc(Br)cc2Cl)n1. The number of benzene rings is 1. The highest BCUT2D eigenvalue weighted by molar-refractivity contribution is 9.10. The Hall–Kier alpha value is -0.910. The predicted molar refractivity (Wildman–Crippen MR) is 78.8 cm³/mol. The van der Waals surface area contributed by atoms with Crippen molar-refractivity contribution in [2.24, 2.45) is 11.1 Å². The summed E-state index contributed by atoms with van der Waals surface area (Å²) in [5.74, 6) is 0.869. The molecule has 0 spiro atoms. The summed E-state index contributed by atoms with van der Waals surface area (Å²) in [5, 5.41) is 4.49. The smallest absolute Gasteiger partial charge is 0.259 e. The Kier molecular flexibility index (Phi) is 3.99. The largest absolute Gasteiger partial charge is 0.334 e. The monoisotopic (exact) mass is 343 g/mol. The minimum Gasteiger partial charge on any atom is -0.334 e. The van der Waals surface area contributed by atoms with Crippen molar-refractivity contribution in [1.29, 1.82) is 0 Å². The van der Waals surface area contributed by atoms with E-state index < -0.39 is 0 Å². The Morgan fingerprint density at radius 2 is 2.05 bits per heavy atom. The van der Waals surface area contributed by atoms with Crippen LogP contribution >= 0.6 is 27.5 Å². The van der Waals surface area contributed by atoms with Crippen molar-refractivity contribution in [3.8, 4) is 11.5 Å². The molecule has 1 heterocycles. The van der Waals surface area contributed by atoms with Crippen molar-refractivity contribution < 1.29 is 4.52 Å². The van der Waals surface area contributed by atoms with Crippen LogP contribution in [0.2, 0.25) is 5.02 Å². The molecule has 0 aliphatic heterocycles. The first-order valence-corrected chi connectivity index (χ1v) is 7.01. The first-order chi connectivity index (χ1) is 8.79. The number of halogens is 2. The summed E-state index contributed by atoms with van der Waals surface area (Å²) < 4.78 is 6.14. The first kappa shape index (κ1) is 14.5. The molecule has 1 aromatic carbocycles. The van der Waals surface area contributed by atoms with Crippen LogP contribution in [0, 0.1) is 5.41 Å². The fraction of sp³-hybridized carbons (Fsp3) is 0.385. The van der Waals surface area contributed by atoms with Crippen LogP contribution < -0.4 is 5.73 Å². The first-order valence-electron chi connectivity index (χ1n) is 5.83. The van der Waals surface area contributed by atoms with E-state index in [1.807, 2.05) is 32.9 Å². The Morgan fingerprint density at radius 1 is 1.37 bits per heavy atom. The van der Waals surface area contributed by atoms with Gasteiger partial charge in [0.1, 0.15) is 0 Å². The van der Waals surface area contributed by atoms with Crippen LogP contribution in [0.25, 0.3) is 11.5 Å². The van der Waals surface area contributed by atoms with Gasteiger partial charge < -0.3 is 10.3 Å². The zero-order valence-electron chi connectivity index (χ0n) is 10.9. The molecule has 1 aromatic heterocycles. The molecule has 0 amide bonds. The van der Waals surface area contributed by atoms with Crippen molar-refractivity contribution in [3.63, 3.8) is 0 Å². The number of nitrogens with zero attached hydrogens (tertiary/aromatic N) is 2. The summed E-state index contributed by atoms with van der Waals surface area (Å²) in [5.41, 5.74) is 6.66. The Balaban J connectivity index is 2.36. The number of hydrogen-bond acceptors (Lipinski definition) is 4. The van der Waals surface area contributed by atoms with Crippen LogP contribution in [0.4, 0.5) is 0 Å². The summed E-state index contributed by atoms with van der Waals surface area (Å²) in [4.78, 5) is 4.33. The van der Waals surface area contributed by atoms with Crippen LogP contribution in [0.5, 0.6) is 0 Å². The molecule has 4 nitrogen and oxygen atoms in total. The van der Waals surface area contributed by atoms with Gasteiger partial charge in [-0.1, -0.05) is 53.5 Å². The van der Waals surface area contributed by atoms with E-state index in [0.29, 0.717) is 22.3 Å². The third-order valence-electron chi connectivity index (χ3n) is 2.81. The molecule has 0 saturated carbocycles. The normalized spacial score (nSPS) is 13.6. The van der Waals surface area contributed by atoms with Gasteiger partial charge in [0.05, 0.1) is 16.6 Å². The molecule has 0 radical (unpaired) electrons. The average molecular weight is 345 g/mol. The second-order valence-electron chi connectivity index (χ2n) is 5.43. The molecular weight excluding hydrogens is 330 g/mol. The molecule has 0 aliphatic carbocycles. The standard InChI is InChI=1S/C13H15BrClN3O/c1-13(2,3)10(16)11-17-12(19-18-11)8-5-4-7(14)6-9(8)15/h4-6,10H,16H2,1-3H3. The molecule has 0 fully saturated rings. The maximum Gasteiger partial charge on any atom is 0.259 e. The lowest BCUT2D eigenvalue weighted by Crippen LogP contribution is -2.27. The summed E-state index contributed by atoms with van der Waals surface area (Å²) in [6.07, 6.45) is 0. The lowest BCUT2D eigenvalue weighted by Gasteiger charge is -2.23. The number of hydrogen-bond donors (Lipinski definition) is 1. The highest BCUT2D eigenvalue weighted by Gasteiger charge is 2.27. The van der Waals surface area contributed by atoms with Gasteiger partial charge in [0.15, 0.2) is 5.82 Å². The van der Waals surface area contributed by atoms with Gasteiger partial charge in [-0.05, 0) is 23.6 Å². The molecule has 2 N–H and O–H groups in total. The Morgan fingerprint density at radius 3 is 2.63 bits per heavy atom. The van der Waals surface area contributed by atoms with Gasteiger partial charge in [0.2, 0.25) is 0 Å². The van der Waals surface area contributed by atoms with Gasteiger partial charge in [-0.2, -0.15) is 4.98 Å². The van der Waals surface area contributed by atoms with E-state index in [1.54, 1.807) is 6.07 Å². The fourth-order valence-electron chi connectivity index (χ4n) is 1.52. The van der Waals surface area contributed by atoms with E-state index in [9.17, 15) is 0 Å². The number of rotatable bonds is 2. The molecule has 0 aliphatic rings. The van der Waals surface area contributed by atoms with E-state index in [-0.39, 0.29) is 11.5 Å². The maximum absolute atomic E-state index is 6.15. The Labute approximate surface area is 125 Å². The number of nitrogens with two attached hydrogens (primary N) is 1. The molecule has 2 rings (SSSR count). The maximum atomic E-state index is 6.15. The lowest BCUT2D eigenvalue weighted by molar-refractivity contribution is 0.303. The van der Waals surface area contributed by atoms with Crippen LogP contribution in [-0.4, -0.2) is 10.1 Å². The molecule has 1 unspecified atom stereocenters. The van der Waals surface area contributed by atoms with E-state index in [0.717, 1.165) is 4.47 Å². The molecule has 19 heavy (non-hydrogen) atoms. The molecule has 2 aromatic rings. The van der Waals surface area contributed by atoms with Crippen molar-refractivity contribution >= 4 is 27.5 Å². The van der Waals surface area contributed by atoms with Crippen molar-refractivity contribution in [2.75, 3.05) is 0 Å². The van der Waals surface area contributed by atoms with E-state index in [1.165, 1.54) is 0 Å². The average Bonchev–Trinajstić information content (AvgIpc) is 2.75. The second-order valence-corrected chi connectivity index (χ2v) is 6.75. The molecule has 1 atom stereocenters.